The number of hydrogen-bond acceptors (Lipinski definition) is 4. The first-order chi connectivity index (χ1) is 9.54. The number of carboxylic acids is 1. The first-order valence-corrected chi connectivity index (χ1v) is 7.24. The Bertz CT molecular complexity index is 575. The smallest absolute Gasteiger partial charge is 0.336 e. The molecule has 5 heteroatoms. The lowest BCUT2D eigenvalue weighted by Gasteiger charge is -2.10. The fraction of sp³-hybridized carbons (Fsp3) is 0.267. The quantitative estimate of drug-likeness (QED) is 0.849. The summed E-state index contributed by atoms with van der Waals surface area (Å²) in [7, 11) is 0. The minimum atomic E-state index is -0.886. The van der Waals surface area contributed by atoms with Gasteiger partial charge in [-0.05, 0) is 44.2 Å². The molecular formula is C15H17NO3S. The maximum Gasteiger partial charge on any atom is 0.336 e. The predicted molar refractivity (Wildman–Crippen MR) is 80.8 cm³/mol. The van der Waals surface area contributed by atoms with Crippen LogP contribution in [0.15, 0.2) is 35.7 Å². The van der Waals surface area contributed by atoms with Gasteiger partial charge < -0.3 is 15.2 Å². The highest BCUT2D eigenvalue weighted by Gasteiger charge is 2.06. The lowest BCUT2D eigenvalue weighted by molar-refractivity contribution is 0.0697. The van der Waals surface area contributed by atoms with Gasteiger partial charge in [-0.25, -0.2) is 4.79 Å². The zero-order valence-electron chi connectivity index (χ0n) is 11.4. The van der Waals surface area contributed by atoms with Gasteiger partial charge in [0.15, 0.2) is 0 Å². The highest BCUT2D eigenvalue weighted by molar-refractivity contribution is 7.10. The van der Waals surface area contributed by atoms with Crippen molar-refractivity contribution in [1.29, 1.82) is 0 Å². The molecule has 0 saturated heterocycles. The second kappa shape index (κ2) is 6.43. The molecule has 0 aliphatic heterocycles. The molecule has 0 aliphatic carbocycles. The van der Waals surface area contributed by atoms with Crippen molar-refractivity contribution in [3.8, 4) is 5.75 Å². The van der Waals surface area contributed by atoms with E-state index in [1.54, 1.807) is 11.4 Å². The molecule has 1 heterocycles. The van der Waals surface area contributed by atoms with Gasteiger partial charge in [-0.15, -0.1) is 11.3 Å². The molecule has 0 amide bonds. The molecule has 0 unspecified atom stereocenters. The van der Waals surface area contributed by atoms with Gasteiger partial charge in [0.2, 0.25) is 0 Å². The topological polar surface area (TPSA) is 58.6 Å². The average molecular weight is 291 g/mol. The van der Waals surface area contributed by atoms with E-state index in [0.717, 1.165) is 16.3 Å². The Kier molecular flexibility index (Phi) is 4.63. The number of carbonyl (C=O) groups is 1. The van der Waals surface area contributed by atoms with E-state index in [1.807, 2.05) is 38.1 Å². The van der Waals surface area contributed by atoms with E-state index in [0.29, 0.717) is 12.1 Å². The Morgan fingerprint density at radius 2 is 2.05 bits per heavy atom. The van der Waals surface area contributed by atoms with Crippen molar-refractivity contribution in [1.82, 2.24) is 0 Å². The minimum absolute atomic E-state index is 0.161. The van der Waals surface area contributed by atoms with Crippen molar-refractivity contribution in [2.24, 2.45) is 0 Å². The Morgan fingerprint density at radius 1 is 1.35 bits per heavy atom. The van der Waals surface area contributed by atoms with Crippen LogP contribution < -0.4 is 10.1 Å². The average Bonchev–Trinajstić information content (AvgIpc) is 2.86. The summed E-state index contributed by atoms with van der Waals surface area (Å²) in [6.07, 6.45) is 0.161. The molecule has 106 valence electrons. The molecule has 1 aromatic heterocycles. The highest BCUT2D eigenvalue weighted by atomic mass is 32.1. The molecule has 1 aromatic carbocycles. The summed E-state index contributed by atoms with van der Waals surface area (Å²) in [6.45, 7) is 4.59. The van der Waals surface area contributed by atoms with E-state index >= 15 is 0 Å². The SMILES string of the molecule is CC(C)Oc1ccc(NCc2cc(C(=O)O)cs2)cc1. The standard InChI is InChI=1S/C15H17NO3S/c1-10(2)19-13-5-3-12(4-6-13)16-8-14-7-11(9-20-14)15(17)18/h3-7,9-10,16H,8H2,1-2H3,(H,17,18). The summed E-state index contributed by atoms with van der Waals surface area (Å²) in [5.41, 5.74) is 1.32. The van der Waals surface area contributed by atoms with Crippen LogP contribution in [0.3, 0.4) is 0 Å². The Hall–Kier alpha value is -2.01. The minimum Gasteiger partial charge on any atom is -0.491 e. The number of carboxylic acid groups (broad SMARTS) is 1. The van der Waals surface area contributed by atoms with Crippen molar-refractivity contribution in [3.05, 3.63) is 46.2 Å². The maximum absolute atomic E-state index is 10.8. The summed E-state index contributed by atoms with van der Waals surface area (Å²) >= 11 is 1.44. The van der Waals surface area contributed by atoms with Crippen LogP contribution in [-0.4, -0.2) is 17.2 Å². The molecule has 0 atom stereocenters. The van der Waals surface area contributed by atoms with E-state index in [4.69, 9.17) is 9.84 Å². The number of anilines is 1. The Morgan fingerprint density at radius 3 is 2.60 bits per heavy atom. The highest BCUT2D eigenvalue weighted by Crippen LogP contribution is 2.19. The second-order valence-electron chi connectivity index (χ2n) is 4.65. The van der Waals surface area contributed by atoms with Crippen molar-refractivity contribution in [3.63, 3.8) is 0 Å². The van der Waals surface area contributed by atoms with Crippen molar-refractivity contribution in [2.45, 2.75) is 26.5 Å². The van der Waals surface area contributed by atoms with Crippen molar-refractivity contribution in [2.75, 3.05) is 5.32 Å². The molecule has 20 heavy (non-hydrogen) atoms. The molecule has 0 radical (unpaired) electrons. The number of nitrogens with one attached hydrogen (secondary N) is 1. The van der Waals surface area contributed by atoms with Crippen LogP contribution >= 0.6 is 11.3 Å². The van der Waals surface area contributed by atoms with Gasteiger partial charge in [0.25, 0.3) is 0 Å². The van der Waals surface area contributed by atoms with E-state index in [1.165, 1.54) is 11.3 Å². The number of ether oxygens (including phenoxy) is 1. The van der Waals surface area contributed by atoms with Crippen LogP contribution in [0.2, 0.25) is 0 Å². The molecule has 0 bridgehead atoms. The van der Waals surface area contributed by atoms with Gasteiger partial charge in [-0.3, -0.25) is 0 Å². The fourth-order valence-electron chi connectivity index (χ4n) is 1.70. The summed E-state index contributed by atoms with van der Waals surface area (Å²) in [5.74, 6) is -0.0440. The predicted octanol–water partition coefficient (Wildman–Crippen LogP) is 3.85. The molecule has 0 aliphatic rings. The third-order valence-corrected chi connectivity index (χ3v) is 3.53. The fourth-order valence-corrected chi connectivity index (χ4v) is 2.50. The summed E-state index contributed by atoms with van der Waals surface area (Å²) in [5, 5.41) is 13.8. The molecule has 0 fully saturated rings. The zero-order chi connectivity index (χ0) is 14.5. The molecule has 2 aromatic rings. The van der Waals surface area contributed by atoms with Gasteiger partial charge in [-0.2, -0.15) is 0 Å². The largest absolute Gasteiger partial charge is 0.491 e. The lowest BCUT2D eigenvalue weighted by atomic mass is 10.3. The molecule has 2 rings (SSSR count). The van der Waals surface area contributed by atoms with Crippen LogP contribution in [0, 0.1) is 0 Å². The molecule has 0 saturated carbocycles. The van der Waals surface area contributed by atoms with E-state index < -0.39 is 5.97 Å². The first kappa shape index (κ1) is 14.4. The maximum atomic E-state index is 10.8. The van der Waals surface area contributed by atoms with Crippen molar-refractivity contribution >= 4 is 23.0 Å². The van der Waals surface area contributed by atoms with Crippen LogP contribution in [0.5, 0.6) is 5.75 Å². The van der Waals surface area contributed by atoms with E-state index in [-0.39, 0.29) is 6.10 Å². The van der Waals surface area contributed by atoms with Crippen LogP contribution in [-0.2, 0) is 6.54 Å². The lowest BCUT2D eigenvalue weighted by Crippen LogP contribution is -2.05. The summed E-state index contributed by atoms with van der Waals surface area (Å²) in [6, 6.07) is 9.42. The zero-order valence-corrected chi connectivity index (χ0v) is 12.2. The van der Waals surface area contributed by atoms with Crippen LogP contribution in [0.25, 0.3) is 0 Å². The van der Waals surface area contributed by atoms with Crippen LogP contribution in [0.1, 0.15) is 29.1 Å². The Balaban J connectivity index is 1.91. The van der Waals surface area contributed by atoms with Crippen molar-refractivity contribution < 1.29 is 14.6 Å². The third kappa shape index (κ3) is 3.99. The number of thiophene rings is 1. The number of aromatic carboxylic acids is 1. The normalized spacial score (nSPS) is 10.6. The second-order valence-corrected chi connectivity index (χ2v) is 5.65. The van der Waals surface area contributed by atoms with Gasteiger partial charge in [0.1, 0.15) is 5.75 Å². The van der Waals surface area contributed by atoms with Gasteiger partial charge in [0, 0.05) is 22.5 Å². The number of benzene rings is 1. The Labute approximate surface area is 122 Å². The summed E-state index contributed by atoms with van der Waals surface area (Å²) in [4.78, 5) is 11.8. The third-order valence-electron chi connectivity index (χ3n) is 2.59. The van der Waals surface area contributed by atoms with Gasteiger partial charge in [0.05, 0.1) is 11.7 Å². The summed E-state index contributed by atoms with van der Waals surface area (Å²) < 4.78 is 5.57. The molecule has 0 spiro atoms. The van der Waals surface area contributed by atoms with Gasteiger partial charge >= 0.3 is 5.97 Å². The molecular weight excluding hydrogens is 274 g/mol. The van der Waals surface area contributed by atoms with E-state index in [9.17, 15) is 4.79 Å². The number of rotatable bonds is 6. The molecule has 2 N–H and O–H groups in total. The monoisotopic (exact) mass is 291 g/mol. The van der Waals surface area contributed by atoms with E-state index in [2.05, 4.69) is 5.32 Å². The van der Waals surface area contributed by atoms with Crippen LogP contribution in [0.4, 0.5) is 5.69 Å². The molecule has 4 nitrogen and oxygen atoms in total. The van der Waals surface area contributed by atoms with Gasteiger partial charge in [-0.1, -0.05) is 0 Å². The first-order valence-electron chi connectivity index (χ1n) is 6.36. The number of hydrogen-bond donors (Lipinski definition) is 2.